The van der Waals surface area contributed by atoms with Crippen molar-refractivity contribution in [1.29, 1.82) is 0 Å². The number of unbranched alkanes of at least 4 members (excludes halogenated alkanes) is 20. The molecule has 0 aromatic carbocycles. The molecule has 274 valence electrons. The molecule has 0 amide bonds. The Labute approximate surface area is 285 Å². The summed E-state index contributed by atoms with van der Waals surface area (Å²) in [6.07, 6.45) is 32.9. The fourth-order valence-electron chi connectivity index (χ4n) is 6.08. The van der Waals surface area contributed by atoms with Crippen LogP contribution in [-0.2, 0) is 19.1 Å². The van der Waals surface area contributed by atoms with Gasteiger partial charge in [0.15, 0.2) is 0 Å². The Morgan fingerprint density at radius 2 is 0.783 bits per heavy atom. The average molecular weight is 655 g/mol. The zero-order valence-corrected chi connectivity index (χ0v) is 30.9. The molecule has 46 heavy (non-hydrogen) atoms. The molecule has 0 aliphatic carbocycles. The fraction of sp³-hybridized carbons (Fsp3) is 0.950. The molecule has 0 saturated carbocycles. The van der Waals surface area contributed by atoms with Crippen LogP contribution in [0.1, 0.15) is 220 Å². The summed E-state index contributed by atoms with van der Waals surface area (Å²) in [5.41, 5.74) is 0. The summed E-state index contributed by atoms with van der Waals surface area (Å²) in [5.74, 6) is -0.301. The molecule has 0 saturated heterocycles. The highest BCUT2D eigenvalue weighted by Crippen LogP contribution is 2.16. The Kier molecular flexibility index (Phi) is 34.3. The van der Waals surface area contributed by atoms with Gasteiger partial charge in [-0.15, -0.1) is 0 Å². The van der Waals surface area contributed by atoms with E-state index in [0.717, 1.165) is 89.9 Å². The largest absolute Gasteiger partial charge is 0.466 e. The Morgan fingerprint density at radius 3 is 1.17 bits per heavy atom. The predicted molar refractivity (Wildman–Crippen MR) is 193 cm³/mol. The van der Waals surface area contributed by atoms with Crippen molar-refractivity contribution in [2.24, 2.45) is 0 Å². The first kappa shape index (κ1) is 44.9. The summed E-state index contributed by atoms with van der Waals surface area (Å²) in [5, 5.41) is 20.1. The van der Waals surface area contributed by atoms with Crippen molar-refractivity contribution in [1.82, 2.24) is 0 Å². The smallest absolute Gasteiger partial charge is 0.306 e. The molecule has 3 atom stereocenters. The number of hydrogen-bond donors (Lipinski definition) is 2. The second-order valence-corrected chi connectivity index (χ2v) is 14.1. The predicted octanol–water partition coefficient (Wildman–Crippen LogP) is 11.3. The Hall–Kier alpha value is -1.14. The topological polar surface area (TPSA) is 93.1 Å². The highest BCUT2D eigenvalue weighted by Gasteiger charge is 2.11. The summed E-state index contributed by atoms with van der Waals surface area (Å²) >= 11 is 0. The van der Waals surface area contributed by atoms with Gasteiger partial charge in [-0.2, -0.15) is 0 Å². The lowest BCUT2D eigenvalue weighted by Crippen LogP contribution is -2.18. The maximum atomic E-state index is 12.1. The van der Waals surface area contributed by atoms with Gasteiger partial charge >= 0.3 is 11.9 Å². The van der Waals surface area contributed by atoms with Gasteiger partial charge in [0.1, 0.15) is 6.10 Å². The molecule has 0 bridgehead atoms. The van der Waals surface area contributed by atoms with Gasteiger partial charge in [-0.25, -0.2) is 0 Å². The first-order chi connectivity index (χ1) is 22.4. The van der Waals surface area contributed by atoms with E-state index >= 15 is 0 Å². The first-order valence-electron chi connectivity index (χ1n) is 20.1. The van der Waals surface area contributed by atoms with Crippen LogP contribution in [0.25, 0.3) is 0 Å². The summed E-state index contributed by atoms with van der Waals surface area (Å²) in [7, 11) is 0. The molecule has 6 heteroatoms. The standard InChI is InChI=1S/C40H78O6/c1-4-6-8-22-28-37(41)30-24-18-14-10-12-16-20-26-32-39(43)45-35-34-36(3)46-40(44)33-27-21-17-13-11-15-19-25-31-38(42)29-23-9-7-5-2/h36-38,41-42H,4-35H2,1-3H3. The molecule has 0 fully saturated rings. The first-order valence-corrected chi connectivity index (χ1v) is 20.1. The summed E-state index contributed by atoms with van der Waals surface area (Å²) < 4.78 is 10.8. The number of aliphatic hydroxyl groups excluding tert-OH is 2. The van der Waals surface area contributed by atoms with Gasteiger partial charge < -0.3 is 19.7 Å². The molecular formula is C40H78O6. The minimum Gasteiger partial charge on any atom is -0.466 e. The third kappa shape index (κ3) is 34.2. The SMILES string of the molecule is CCCCCCC(O)CCCCCCCCCCC(=O)OCCC(C)OC(=O)CCCCCCCCCCC(O)CCCCCC. The van der Waals surface area contributed by atoms with E-state index in [4.69, 9.17) is 9.47 Å². The van der Waals surface area contributed by atoms with E-state index in [2.05, 4.69) is 13.8 Å². The Bertz CT molecular complexity index is 654. The zero-order chi connectivity index (χ0) is 33.9. The van der Waals surface area contributed by atoms with Crippen LogP contribution in [0.5, 0.6) is 0 Å². The number of carbonyl (C=O) groups excluding carboxylic acids is 2. The Morgan fingerprint density at radius 1 is 0.457 bits per heavy atom. The van der Waals surface area contributed by atoms with Crippen molar-refractivity contribution in [3.8, 4) is 0 Å². The van der Waals surface area contributed by atoms with E-state index in [1.54, 1.807) is 0 Å². The van der Waals surface area contributed by atoms with Gasteiger partial charge in [0.05, 0.1) is 18.8 Å². The van der Waals surface area contributed by atoms with Crippen LogP contribution in [0, 0.1) is 0 Å². The molecule has 0 aromatic rings. The molecule has 3 unspecified atom stereocenters. The molecule has 0 aromatic heterocycles. The van der Waals surface area contributed by atoms with Gasteiger partial charge in [-0.05, 0) is 45.4 Å². The maximum absolute atomic E-state index is 12.1. The molecule has 0 spiro atoms. The van der Waals surface area contributed by atoms with Crippen molar-refractivity contribution in [2.45, 2.75) is 238 Å². The van der Waals surface area contributed by atoms with E-state index in [1.807, 2.05) is 6.92 Å². The third-order valence-electron chi connectivity index (χ3n) is 9.24. The number of rotatable bonds is 36. The number of aliphatic hydroxyl groups is 2. The second kappa shape index (κ2) is 35.2. The van der Waals surface area contributed by atoms with E-state index < -0.39 is 0 Å². The fourth-order valence-corrected chi connectivity index (χ4v) is 6.08. The number of hydrogen-bond acceptors (Lipinski definition) is 6. The molecule has 0 heterocycles. The number of ether oxygens (including phenoxy) is 2. The average Bonchev–Trinajstić information content (AvgIpc) is 3.03. The van der Waals surface area contributed by atoms with Crippen LogP contribution < -0.4 is 0 Å². The monoisotopic (exact) mass is 655 g/mol. The lowest BCUT2D eigenvalue weighted by molar-refractivity contribution is -0.150. The van der Waals surface area contributed by atoms with Crippen molar-refractivity contribution in [3.05, 3.63) is 0 Å². The van der Waals surface area contributed by atoms with E-state index in [0.29, 0.717) is 25.9 Å². The molecule has 0 aliphatic rings. The van der Waals surface area contributed by atoms with Gasteiger partial charge in [-0.1, -0.05) is 155 Å². The second-order valence-electron chi connectivity index (χ2n) is 14.1. The van der Waals surface area contributed by atoms with Crippen molar-refractivity contribution >= 4 is 11.9 Å². The molecule has 0 rings (SSSR count). The normalized spacial score (nSPS) is 13.4. The maximum Gasteiger partial charge on any atom is 0.306 e. The lowest BCUT2D eigenvalue weighted by Gasteiger charge is -2.13. The molecule has 0 radical (unpaired) electrons. The molecule has 6 nitrogen and oxygen atoms in total. The van der Waals surface area contributed by atoms with Gasteiger partial charge in [0, 0.05) is 19.3 Å². The van der Waals surface area contributed by atoms with Crippen LogP contribution in [0.15, 0.2) is 0 Å². The minimum absolute atomic E-state index is 0.108. The lowest BCUT2D eigenvalue weighted by atomic mass is 10.0. The number of carbonyl (C=O) groups is 2. The molecular weight excluding hydrogens is 576 g/mol. The summed E-state index contributed by atoms with van der Waals surface area (Å²) in [6.45, 7) is 6.61. The number of esters is 2. The zero-order valence-electron chi connectivity index (χ0n) is 30.9. The van der Waals surface area contributed by atoms with Crippen LogP contribution in [0.3, 0.4) is 0 Å². The summed E-state index contributed by atoms with van der Waals surface area (Å²) in [4.78, 5) is 24.2. The summed E-state index contributed by atoms with van der Waals surface area (Å²) in [6, 6.07) is 0. The van der Waals surface area contributed by atoms with E-state index in [9.17, 15) is 19.8 Å². The van der Waals surface area contributed by atoms with Gasteiger partial charge in [0.25, 0.3) is 0 Å². The van der Waals surface area contributed by atoms with Crippen molar-refractivity contribution < 1.29 is 29.3 Å². The van der Waals surface area contributed by atoms with E-state index in [1.165, 1.54) is 89.9 Å². The minimum atomic E-state index is -0.232. The van der Waals surface area contributed by atoms with Crippen LogP contribution in [0.2, 0.25) is 0 Å². The highest BCUT2D eigenvalue weighted by atomic mass is 16.6. The highest BCUT2D eigenvalue weighted by molar-refractivity contribution is 5.69. The van der Waals surface area contributed by atoms with Crippen molar-refractivity contribution in [3.63, 3.8) is 0 Å². The van der Waals surface area contributed by atoms with Gasteiger partial charge in [0.2, 0.25) is 0 Å². The third-order valence-corrected chi connectivity index (χ3v) is 9.24. The van der Waals surface area contributed by atoms with E-state index in [-0.39, 0.29) is 30.3 Å². The van der Waals surface area contributed by atoms with Gasteiger partial charge in [-0.3, -0.25) is 9.59 Å². The quantitative estimate of drug-likeness (QED) is 0.0516. The van der Waals surface area contributed by atoms with Crippen LogP contribution >= 0.6 is 0 Å². The van der Waals surface area contributed by atoms with Crippen LogP contribution in [0.4, 0.5) is 0 Å². The molecule has 2 N–H and O–H groups in total. The van der Waals surface area contributed by atoms with Crippen molar-refractivity contribution in [2.75, 3.05) is 6.61 Å². The molecule has 0 aliphatic heterocycles. The van der Waals surface area contributed by atoms with Crippen LogP contribution in [-0.4, -0.2) is 47.1 Å². The Balaban J connectivity index is 3.46.